The molecule has 0 rings (SSSR count). The Morgan fingerprint density at radius 1 is 1.31 bits per heavy atom. The fourth-order valence-corrected chi connectivity index (χ4v) is 2.41. The highest BCUT2D eigenvalue weighted by atomic mass is 32.2. The van der Waals surface area contributed by atoms with Crippen molar-refractivity contribution in [1.82, 2.24) is 4.72 Å². The summed E-state index contributed by atoms with van der Waals surface area (Å²) in [5.74, 6) is 0. The first kappa shape index (κ1) is 14.9. The Kier molecular flexibility index (Phi) is 7.53. The third kappa shape index (κ3) is 5.69. The van der Waals surface area contributed by atoms with E-state index >= 15 is 0 Å². The van der Waals surface area contributed by atoms with Crippen LogP contribution < -0.4 is 4.72 Å². The summed E-state index contributed by atoms with van der Waals surface area (Å²) in [6, 6.07) is 3.73. The molecule has 0 aromatic carbocycles. The Morgan fingerprint density at radius 2 is 2.00 bits per heavy atom. The molecule has 0 aliphatic rings. The van der Waals surface area contributed by atoms with Gasteiger partial charge in [-0.05, 0) is 12.8 Å². The van der Waals surface area contributed by atoms with Crippen molar-refractivity contribution in [3.8, 4) is 12.1 Å². The van der Waals surface area contributed by atoms with Crippen LogP contribution in [-0.2, 0) is 10.0 Å². The molecular formula is C10H17N3O2S. The molecule has 0 aliphatic carbocycles. The number of rotatable bonds is 8. The Hall–Kier alpha value is -1.11. The van der Waals surface area contributed by atoms with Crippen molar-refractivity contribution >= 4 is 10.0 Å². The van der Waals surface area contributed by atoms with Crippen LogP contribution in [0.5, 0.6) is 0 Å². The molecule has 16 heavy (non-hydrogen) atoms. The maximum Gasteiger partial charge on any atom is 0.227 e. The normalized spacial score (nSPS) is 12.7. The summed E-state index contributed by atoms with van der Waals surface area (Å²) >= 11 is 0. The fraction of sp³-hybridized carbons (Fsp3) is 0.800. The molecule has 0 saturated heterocycles. The quantitative estimate of drug-likeness (QED) is 0.650. The maximum absolute atomic E-state index is 11.6. The van der Waals surface area contributed by atoms with Gasteiger partial charge >= 0.3 is 0 Å². The van der Waals surface area contributed by atoms with Gasteiger partial charge in [-0.1, -0.05) is 19.8 Å². The van der Waals surface area contributed by atoms with Crippen LogP contribution in [0.3, 0.4) is 0 Å². The van der Waals surface area contributed by atoms with Crippen LogP contribution in [0.25, 0.3) is 0 Å². The lowest BCUT2D eigenvalue weighted by molar-refractivity contribution is 0.564. The number of hydrogen-bond donors (Lipinski definition) is 1. The number of nitrogens with zero attached hydrogens (tertiary/aromatic N) is 2. The van der Waals surface area contributed by atoms with Crippen molar-refractivity contribution < 1.29 is 8.42 Å². The highest BCUT2D eigenvalue weighted by Crippen LogP contribution is 2.08. The summed E-state index contributed by atoms with van der Waals surface area (Å²) < 4.78 is 25.6. The number of hydrogen-bond acceptors (Lipinski definition) is 4. The molecule has 0 aromatic rings. The zero-order valence-corrected chi connectivity index (χ0v) is 10.3. The van der Waals surface area contributed by atoms with E-state index in [2.05, 4.69) is 4.72 Å². The van der Waals surface area contributed by atoms with Crippen LogP contribution in [0.1, 0.15) is 39.0 Å². The van der Waals surface area contributed by atoms with Crippen LogP contribution in [0.4, 0.5) is 0 Å². The first-order valence-electron chi connectivity index (χ1n) is 5.33. The Bertz CT molecular complexity index is 365. The van der Waals surface area contributed by atoms with Crippen molar-refractivity contribution in [3.63, 3.8) is 0 Å². The first-order valence-corrected chi connectivity index (χ1v) is 6.88. The molecule has 6 heteroatoms. The highest BCUT2D eigenvalue weighted by molar-refractivity contribution is 7.90. The lowest BCUT2D eigenvalue weighted by atomic mass is 10.2. The van der Waals surface area contributed by atoms with Crippen LogP contribution >= 0.6 is 0 Å². The van der Waals surface area contributed by atoms with Crippen LogP contribution in [-0.4, -0.2) is 20.2 Å². The van der Waals surface area contributed by atoms with E-state index < -0.39 is 15.3 Å². The van der Waals surface area contributed by atoms with E-state index in [4.69, 9.17) is 10.5 Å². The predicted octanol–water partition coefficient (Wildman–Crippen LogP) is 1.29. The molecule has 1 unspecified atom stereocenters. The molecule has 0 aromatic heterocycles. The predicted molar refractivity (Wildman–Crippen MR) is 60.7 cm³/mol. The van der Waals surface area contributed by atoms with Gasteiger partial charge in [0.05, 0.1) is 12.1 Å². The van der Waals surface area contributed by atoms with E-state index in [9.17, 15) is 8.42 Å². The molecule has 0 amide bonds. The molecule has 0 bridgehead atoms. The lowest BCUT2D eigenvalue weighted by Gasteiger charge is -2.10. The average molecular weight is 243 g/mol. The molecular weight excluding hydrogens is 226 g/mol. The molecule has 0 saturated carbocycles. The van der Waals surface area contributed by atoms with Gasteiger partial charge in [-0.25, -0.2) is 13.1 Å². The lowest BCUT2D eigenvalue weighted by Crippen LogP contribution is -2.34. The van der Waals surface area contributed by atoms with Crippen molar-refractivity contribution in [1.29, 1.82) is 10.5 Å². The van der Waals surface area contributed by atoms with Crippen molar-refractivity contribution in [3.05, 3.63) is 0 Å². The molecule has 5 nitrogen and oxygen atoms in total. The molecule has 0 heterocycles. The smallest absolute Gasteiger partial charge is 0.214 e. The van der Waals surface area contributed by atoms with E-state index in [-0.39, 0.29) is 6.54 Å². The third-order valence-corrected chi connectivity index (χ3v) is 3.80. The summed E-state index contributed by atoms with van der Waals surface area (Å²) in [5.41, 5.74) is 0. The molecule has 90 valence electrons. The summed E-state index contributed by atoms with van der Waals surface area (Å²) in [5, 5.41) is 16.1. The summed E-state index contributed by atoms with van der Waals surface area (Å²) in [4.78, 5) is 0. The van der Waals surface area contributed by atoms with Gasteiger partial charge in [0.2, 0.25) is 10.0 Å². The van der Waals surface area contributed by atoms with E-state index in [0.717, 1.165) is 12.8 Å². The monoisotopic (exact) mass is 243 g/mol. The minimum absolute atomic E-state index is 0.222. The van der Waals surface area contributed by atoms with Gasteiger partial charge < -0.3 is 0 Å². The van der Waals surface area contributed by atoms with Gasteiger partial charge in [-0.15, -0.1) is 0 Å². The zero-order chi connectivity index (χ0) is 12.4. The number of sulfonamides is 1. The van der Waals surface area contributed by atoms with Crippen LogP contribution in [0.15, 0.2) is 0 Å². The first-order chi connectivity index (χ1) is 7.58. The molecule has 0 fully saturated rings. The van der Waals surface area contributed by atoms with Gasteiger partial charge in [0.25, 0.3) is 0 Å². The van der Waals surface area contributed by atoms with Crippen molar-refractivity contribution in [2.75, 3.05) is 6.54 Å². The average Bonchev–Trinajstić information content (AvgIpc) is 2.25. The maximum atomic E-state index is 11.6. The summed E-state index contributed by atoms with van der Waals surface area (Å²) in [7, 11) is -3.55. The molecule has 0 aliphatic heterocycles. The topological polar surface area (TPSA) is 93.8 Å². The Morgan fingerprint density at radius 3 is 2.50 bits per heavy atom. The third-order valence-electron chi connectivity index (χ3n) is 2.11. The summed E-state index contributed by atoms with van der Waals surface area (Å²) in [6.45, 7) is 2.17. The molecule has 0 radical (unpaired) electrons. The van der Waals surface area contributed by atoms with Crippen LogP contribution in [0, 0.1) is 22.7 Å². The van der Waals surface area contributed by atoms with E-state index in [1.54, 1.807) is 6.07 Å². The van der Waals surface area contributed by atoms with Gasteiger partial charge in [-0.3, -0.25) is 0 Å². The number of nitriles is 2. The molecule has 1 atom stereocenters. The Labute approximate surface area is 97.1 Å². The SMILES string of the molecule is CCCCC(C#N)S(=O)(=O)NCCCC#N. The fourth-order valence-electron chi connectivity index (χ4n) is 1.16. The van der Waals surface area contributed by atoms with E-state index in [1.165, 1.54) is 0 Å². The van der Waals surface area contributed by atoms with Gasteiger partial charge in [0, 0.05) is 13.0 Å². The summed E-state index contributed by atoms with van der Waals surface area (Å²) in [6.07, 6.45) is 2.73. The second-order valence-corrected chi connectivity index (χ2v) is 5.41. The second-order valence-electron chi connectivity index (χ2n) is 3.46. The Balaban J connectivity index is 4.18. The van der Waals surface area contributed by atoms with Gasteiger partial charge in [-0.2, -0.15) is 10.5 Å². The number of nitrogens with one attached hydrogen (secondary N) is 1. The minimum atomic E-state index is -3.55. The standard InChI is InChI=1S/C10H17N3O2S/c1-2-3-6-10(9-12)16(14,15)13-8-5-4-7-11/h10,13H,2-6,8H2,1H3. The minimum Gasteiger partial charge on any atom is -0.214 e. The van der Waals surface area contributed by atoms with E-state index in [1.807, 2.05) is 13.0 Å². The highest BCUT2D eigenvalue weighted by Gasteiger charge is 2.23. The zero-order valence-electron chi connectivity index (χ0n) is 9.44. The van der Waals surface area contributed by atoms with Gasteiger partial charge in [0.1, 0.15) is 0 Å². The van der Waals surface area contributed by atoms with Gasteiger partial charge in [0.15, 0.2) is 5.25 Å². The van der Waals surface area contributed by atoms with E-state index in [0.29, 0.717) is 19.3 Å². The number of unbranched alkanes of at least 4 members (excludes halogenated alkanes) is 2. The molecule has 1 N–H and O–H groups in total. The van der Waals surface area contributed by atoms with Crippen molar-refractivity contribution in [2.24, 2.45) is 0 Å². The van der Waals surface area contributed by atoms with Crippen molar-refractivity contribution in [2.45, 2.75) is 44.3 Å². The second kappa shape index (κ2) is 8.09. The van der Waals surface area contributed by atoms with Crippen LogP contribution in [0.2, 0.25) is 0 Å². The molecule has 0 spiro atoms. The largest absolute Gasteiger partial charge is 0.227 e.